The van der Waals surface area contributed by atoms with Gasteiger partial charge in [-0.3, -0.25) is 25.4 Å². The lowest BCUT2D eigenvalue weighted by atomic mass is 10.3. The molecule has 2 rings (SSSR count). The maximum atomic E-state index is 12.8. The topological polar surface area (TPSA) is 80.3 Å². The first-order valence-corrected chi connectivity index (χ1v) is 6.48. The fourth-order valence-electron chi connectivity index (χ4n) is 1.56. The van der Waals surface area contributed by atoms with Gasteiger partial charge in [0.05, 0.1) is 5.56 Å². The second-order valence-electron chi connectivity index (χ2n) is 4.40. The number of hydrogen-bond acceptors (Lipinski definition) is 4. The van der Waals surface area contributed by atoms with Crippen molar-refractivity contribution in [2.75, 3.05) is 0 Å². The van der Waals surface area contributed by atoms with Crippen LogP contribution in [0.3, 0.4) is 0 Å². The van der Waals surface area contributed by atoms with Crippen molar-refractivity contribution in [3.63, 3.8) is 0 Å². The van der Waals surface area contributed by atoms with E-state index in [-0.39, 0.29) is 0 Å². The van der Waals surface area contributed by atoms with Crippen molar-refractivity contribution in [1.29, 1.82) is 0 Å². The first-order valence-electron chi connectivity index (χ1n) is 6.48. The van der Waals surface area contributed by atoms with Crippen LogP contribution in [0.2, 0.25) is 0 Å². The summed E-state index contributed by atoms with van der Waals surface area (Å²) in [5, 5.41) is 0. The summed E-state index contributed by atoms with van der Waals surface area (Å²) in [5.74, 6) is -1.08. The van der Waals surface area contributed by atoms with Gasteiger partial charge < -0.3 is 4.74 Å². The van der Waals surface area contributed by atoms with Crippen LogP contribution in [0.25, 0.3) is 0 Å². The summed E-state index contributed by atoms with van der Waals surface area (Å²) in [6.45, 7) is 1.51. The van der Waals surface area contributed by atoms with Gasteiger partial charge in [-0.2, -0.15) is 0 Å². The van der Waals surface area contributed by atoms with Gasteiger partial charge in [0, 0.05) is 12.4 Å². The zero-order valence-electron chi connectivity index (χ0n) is 11.7. The first kappa shape index (κ1) is 15.4. The van der Waals surface area contributed by atoms with E-state index < -0.39 is 23.7 Å². The maximum absolute atomic E-state index is 12.8. The third-order valence-corrected chi connectivity index (χ3v) is 2.72. The minimum atomic E-state index is -0.861. The molecule has 1 atom stereocenters. The van der Waals surface area contributed by atoms with Crippen LogP contribution in [0.4, 0.5) is 4.39 Å². The highest BCUT2D eigenvalue weighted by atomic mass is 19.1. The molecule has 0 aliphatic rings. The summed E-state index contributed by atoms with van der Waals surface area (Å²) in [6.07, 6.45) is 2.05. The number of nitrogens with one attached hydrogen (secondary N) is 2. The number of aromatic nitrogens is 1. The van der Waals surface area contributed by atoms with E-state index in [1.54, 1.807) is 12.1 Å². The quantitative estimate of drug-likeness (QED) is 0.838. The van der Waals surface area contributed by atoms with E-state index in [0.717, 1.165) is 0 Å². The van der Waals surface area contributed by atoms with E-state index in [2.05, 4.69) is 15.8 Å². The third kappa shape index (κ3) is 4.27. The Morgan fingerprint density at radius 1 is 1.18 bits per heavy atom. The van der Waals surface area contributed by atoms with Gasteiger partial charge in [0.15, 0.2) is 6.10 Å². The summed E-state index contributed by atoms with van der Waals surface area (Å²) in [5.41, 5.74) is 4.82. The number of ether oxygens (including phenoxy) is 1. The number of nitrogens with zero attached hydrogens (tertiary/aromatic N) is 1. The molecular formula is C15H14FN3O3. The summed E-state index contributed by atoms with van der Waals surface area (Å²) < 4.78 is 18.1. The molecule has 2 aromatic rings. The largest absolute Gasteiger partial charge is 0.481 e. The van der Waals surface area contributed by atoms with Crippen molar-refractivity contribution in [2.24, 2.45) is 0 Å². The second-order valence-corrected chi connectivity index (χ2v) is 4.40. The zero-order chi connectivity index (χ0) is 15.9. The van der Waals surface area contributed by atoms with Gasteiger partial charge >= 0.3 is 0 Å². The van der Waals surface area contributed by atoms with Gasteiger partial charge in [0.1, 0.15) is 11.6 Å². The van der Waals surface area contributed by atoms with Crippen LogP contribution in [0.5, 0.6) is 5.75 Å². The maximum Gasteiger partial charge on any atom is 0.279 e. The molecule has 0 spiro atoms. The summed E-state index contributed by atoms with van der Waals surface area (Å²) >= 11 is 0. The lowest BCUT2D eigenvalue weighted by Crippen LogP contribution is -2.47. The Balaban J connectivity index is 1.84. The SMILES string of the molecule is CC(Oc1ccc(F)cc1)C(=O)NNC(=O)c1cccnc1. The molecule has 0 saturated carbocycles. The summed E-state index contributed by atoms with van der Waals surface area (Å²) in [7, 11) is 0. The van der Waals surface area contributed by atoms with Crippen LogP contribution in [0, 0.1) is 5.82 Å². The van der Waals surface area contributed by atoms with E-state index in [0.29, 0.717) is 11.3 Å². The Kier molecular flexibility index (Phi) is 5.02. The van der Waals surface area contributed by atoms with E-state index in [1.165, 1.54) is 43.6 Å². The van der Waals surface area contributed by atoms with E-state index in [4.69, 9.17) is 4.74 Å². The Bertz CT molecular complexity index is 647. The van der Waals surface area contributed by atoms with Crippen molar-refractivity contribution in [3.8, 4) is 5.75 Å². The first-order chi connectivity index (χ1) is 10.6. The molecule has 2 N–H and O–H groups in total. The van der Waals surface area contributed by atoms with Gasteiger partial charge in [-0.05, 0) is 43.3 Å². The van der Waals surface area contributed by atoms with Crippen LogP contribution in [-0.4, -0.2) is 22.9 Å². The van der Waals surface area contributed by atoms with Crippen LogP contribution >= 0.6 is 0 Å². The van der Waals surface area contributed by atoms with Gasteiger partial charge in [-0.15, -0.1) is 0 Å². The monoisotopic (exact) mass is 303 g/mol. The van der Waals surface area contributed by atoms with E-state index >= 15 is 0 Å². The fraction of sp³-hybridized carbons (Fsp3) is 0.133. The van der Waals surface area contributed by atoms with E-state index in [9.17, 15) is 14.0 Å². The number of amides is 2. The Morgan fingerprint density at radius 2 is 1.91 bits per heavy atom. The molecule has 1 aromatic carbocycles. The molecule has 1 heterocycles. The molecule has 6 nitrogen and oxygen atoms in total. The van der Waals surface area contributed by atoms with Gasteiger partial charge in [-0.1, -0.05) is 0 Å². The predicted octanol–water partition coefficient (Wildman–Crippen LogP) is 1.45. The Labute approximate surface area is 126 Å². The molecule has 1 unspecified atom stereocenters. The lowest BCUT2D eigenvalue weighted by molar-refractivity contribution is -0.128. The van der Waals surface area contributed by atoms with Crippen LogP contribution in [0.15, 0.2) is 48.8 Å². The van der Waals surface area contributed by atoms with Gasteiger partial charge in [0.2, 0.25) is 0 Å². The average molecular weight is 303 g/mol. The fourth-order valence-corrected chi connectivity index (χ4v) is 1.56. The number of rotatable bonds is 4. The summed E-state index contributed by atoms with van der Waals surface area (Å²) in [6, 6.07) is 8.44. The van der Waals surface area contributed by atoms with Gasteiger partial charge in [0.25, 0.3) is 11.8 Å². The minimum Gasteiger partial charge on any atom is -0.481 e. The number of pyridine rings is 1. The van der Waals surface area contributed by atoms with Crippen LogP contribution in [0.1, 0.15) is 17.3 Å². The highest BCUT2D eigenvalue weighted by Gasteiger charge is 2.15. The normalized spacial score (nSPS) is 11.4. The molecule has 0 radical (unpaired) electrons. The second kappa shape index (κ2) is 7.16. The van der Waals surface area contributed by atoms with E-state index in [1.807, 2.05) is 0 Å². The Hall–Kier alpha value is -2.96. The molecule has 7 heteroatoms. The molecule has 2 amide bonds. The van der Waals surface area contributed by atoms with Crippen LogP contribution in [-0.2, 0) is 4.79 Å². The van der Waals surface area contributed by atoms with Gasteiger partial charge in [-0.25, -0.2) is 4.39 Å². The van der Waals surface area contributed by atoms with Crippen molar-refractivity contribution >= 4 is 11.8 Å². The minimum absolute atomic E-state index is 0.315. The molecular weight excluding hydrogens is 289 g/mol. The van der Waals surface area contributed by atoms with Crippen molar-refractivity contribution in [3.05, 3.63) is 60.2 Å². The van der Waals surface area contributed by atoms with Crippen molar-refractivity contribution in [2.45, 2.75) is 13.0 Å². The molecule has 0 aliphatic heterocycles. The summed E-state index contributed by atoms with van der Waals surface area (Å²) in [4.78, 5) is 27.3. The molecule has 114 valence electrons. The Morgan fingerprint density at radius 3 is 2.55 bits per heavy atom. The molecule has 0 bridgehead atoms. The lowest BCUT2D eigenvalue weighted by Gasteiger charge is -2.15. The number of carbonyl (C=O) groups is 2. The predicted molar refractivity (Wildman–Crippen MR) is 76.3 cm³/mol. The highest BCUT2D eigenvalue weighted by Crippen LogP contribution is 2.12. The number of hydrogen-bond donors (Lipinski definition) is 2. The molecule has 22 heavy (non-hydrogen) atoms. The number of halogens is 1. The highest BCUT2D eigenvalue weighted by molar-refractivity contribution is 5.95. The number of benzene rings is 1. The standard InChI is InChI=1S/C15H14FN3O3/c1-10(22-13-6-4-12(16)5-7-13)14(20)18-19-15(21)11-3-2-8-17-9-11/h2-10H,1H3,(H,18,20)(H,19,21). The average Bonchev–Trinajstić information content (AvgIpc) is 2.55. The smallest absolute Gasteiger partial charge is 0.279 e. The molecule has 1 aromatic heterocycles. The van der Waals surface area contributed by atoms with Crippen molar-refractivity contribution in [1.82, 2.24) is 15.8 Å². The third-order valence-electron chi connectivity index (χ3n) is 2.72. The molecule has 0 saturated heterocycles. The molecule has 0 fully saturated rings. The molecule has 0 aliphatic carbocycles. The zero-order valence-corrected chi connectivity index (χ0v) is 11.7. The number of carbonyl (C=O) groups excluding carboxylic acids is 2. The van der Waals surface area contributed by atoms with Crippen molar-refractivity contribution < 1.29 is 18.7 Å². The number of hydrazine groups is 1. The van der Waals surface area contributed by atoms with Crippen LogP contribution < -0.4 is 15.6 Å².